The van der Waals surface area contributed by atoms with E-state index in [2.05, 4.69) is 69.7 Å². The van der Waals surface area contributed by atoms with Crippen molar-refractivity contribution in [1.29, 1.82) is 0 Å². The number of nitrogens with zero attached hydrogens (tertiary/aromatic N) is 4. The highest BCUT2D eigenvalue weighted by atomic mass is 16.5. The van der Waals surface area contributed by atoms with Crippen LogP contribution in [0, 0.1) is 13.8 Å². The Morgan fingerprint density at radius 2 is 1.90 bits per heavy atom. The van der Waals surface area contributed by atoms with Crippen molar-refractivity contribution in [3.63, 3.8) is 0 Å². The molecule has 0 saturated carbocycles. The van der Waals surface area contributed by atoms with Gasteiger partial charge in [-0.25, -0.2) is 0 Å². The number of aromatic nitrogens is 3. The van der Waals surface area contributed by atoms with Crippen molar-refractivity contribution in [2.75, 3.05) is 19.6 Å². The SMILES string of the molecule is CCNC(=NCCc1noc(-c2ccccn2)n1)NCCc1cc(C)cc(C)c1. The van der Waals surface area contributed by atoms with Crippen LogP contribution in [0.5, 0.6) is 0 Å². The summed E-state index contributed by atoms with van der Waals surface area (Å²) < 4.78 is 5.29. The van der Waals surface area contributed by atoms with E-state index >= 15 is 0 Å². The van der Waals surface area contributed by atoms with E-state index in [1.807, 2.05) is 18.2 Å². The second-order valence-electron chi connectivity index (χ2n) is 6.91. The summed E-state index contributed by atoms with van der Waals surface area (Å²) in [4.78, 5) is 13.2. The summed E-state index contributed by atoms with van der Waals surface area (Å²) in [5, 5.41) is 10.7. The molecule has 0 amide bonds. The van der Waals surface area contributed by atoms with Crippen molar-refractivity contribution >= 4 is 5.96 Å². The van der Waals surface area contributed by atoms with Gasteiger partial charge >= 0.3 is 0 Å². The van der Waals surface area contributed by atoms with Crippen molar-refractivity contribution in [2.45, 2.75) is 33.6 Å². The van der Waals surface area contributed by atoms with E-state index in [-0.39, 0.29) is 0 Å². The molecule has 0 aliphatic heterocycles. The van der Waals surface area contributed by atoms with Gasteiger partial charge in [0.25, 0.3) is 5.89 Å². The average molecular weight is 393 g/mol. The van der Waals surface area contributed by atoms with Crippen LogP contribution in [-0.2, 0) is 12.8 Å². The van der Waals surface area contributed by atoms with Crippen molar-refractivity contribution in [2.24, 2.45) is 4.99 Å². The quantitative estimate of drug-likeness (QED) is 0.452. The van der Waals surface area contributed by atoms with Crippen LogP contribution in [0.1, 0.15) is 29.4 Å². The lowest BCUT2D eigenvalue weighted by molar-refractivity contribution is 0.421. The molecule has 7 heteroatoms. The minimum atomic E-state index is 0.433. The second kappa shape index (κ2) is 10.4. The molecule has 2 N–H and O–H groups in total. The number of pyridine rings is 1. The number of hydrogen-bond acceptors (Lipinski definition) is 5. The van der Waals surface area contributed by atoms with E-state index in [0.717, 1.165) is 25.5 Å². The highest BCUT2D eigenvalue weighted by molar-refractivity contribution is 5.79. The number of nitrogens with one attached hydrogen (secondary N) is 2. The lowest BCUT2D eigenvalue weighted by Crippen LogP contribution is -2.38. The number of rotatable bonds is 8. The van der Waals surface area contributed by atoms with Gasteiger partial charge in [0.05, 0.1) is 0 Å². The van der Waals surface area contributed by atoms with Gasteiger partial charge in [0.15, 0.2) is 11.8 Å². The van der Waals surface area contributed by atoms with Crippen LogP contribution >= 0.6 is 0 Å². The van der Waals surface area contributed by atoms with Crippen molar-refractivity contribution in [3.8, 4) is 11.6 Å². The number of hydrogen-bond donors (Lipinski definition) is 2. The maximum absolute atomic E-state index is 5.29. The van der Waals surface area contributed by atoms with Crippen LogP contribution < -0.4 is 10.6 Å². The van der Waals surface area contributed by atoms with Crippen LogP contribution in [0.3, 0.4) is 0 Å². The van der Waals surface area contributed by atoms with Gasteiger partial charge in [-0.05, 0) is 44.9 Å². The fourth-order valence-corrected chi connectivity index (χ4v) is 3.10. The molecule has 0 aliphatic rings. The summed E-state index contributed by atoms with van der Waals surface area (Å²) in [6.45, 7) is 8.51. The Kier molecular flexibility index (Phi) is 7.33. The highest BCUT2D eigenvalue weighted by Crippen LogP contribution is 2.13. The first-order valence-corrected chi connectivity index (χ1v) is 9.97. The third-order valence-corrected chi connectivity index (χ3v) is 4.29. The van der Waals surface area contributed by atoms with Crippen LogP contribution in [-0.4, -0.2) is 40.7 Å². The van der Waals surface area contributed by atoms with Crippen LogP contribution in [0.2, 0.25) is 0 Å². The summed E-state index contributed by atoms with van der Waals surface area (Å²) in [6, 6.07) is 12.2. The van der Waals surface area contributed by atoms with E-state index in [1.54, 1.807) is 6.20 Å². The molecule has 3 rings (SSSR count). The molecular formula is C22H28N6O. The molecule has 0 atom stereocenters. The van der Waals surface area contributed by atoms with Crippen LogP contribution in [0.4, 0.5) is 0 Å². The first-order valence-electron chi connectivity index (χ1n) is 9.97. The standard InChI is InChI=1S/C22H28N6O/c1-4-23-22(25-11-8-18-14-16(2)13-17(3)15-18)26-12-9-20-27-21(29-28-20)19-7-5-6-10-24-19/h5-7,10,13-15H,4,8-9,11-12H2,1-3H3,(H2,23,25,26). The molecule has 1 aromatic carbocycles. The van der Waals surface area contributed by atoms with E-state index in [9.17, 15) is 0 Å². The Bertz CT molecular complexity index is 915. The third-order valence-electron chi connectivity index (χ3n) is 4.29. The van der Waals surface area contributed by atoms with Gasteiger partial charge in [0.1, 0.15) is 5.69 Å². The van der Waals surface area contributed by atoms with E-state index in [0.29, 0.717) is 30.4 Å². The molecule has 0 aliphatic carbocycles. The normalized spacial score (nSPS) is 11.5. The Hall–Kier alpha value is -3.22. The fraction of sp³-hybridized carbons (Fsp3) is 0.364. The number of benzene rings is 1. The molecular weight excluding hydrogens is 364 g/mol. The number of aryl methyl sites for hydroxylation is 2. The third kappa shape index (κ3) is 6.41. The van der Waals surface area contributed by atoms with Crippen molar-refractivity contribution < 1.29 is 4.52 Å². The largest absolute Gasteiger partial charge is 0.357 e. The lowest BCUT2D eigenvalue weighted by Gasteiger charge is -2.11. The highest BCUT2D eigenvalue weighted by Gasteiger charge is 2.09. The van der Waals surface area contributed by atoms with E-state index < -0.39 is 0 Å². The maximum Gasteiger partial charge on any atom is 0.276 e. The Labute approximate surface area is 171 Å². The topological polar surface area (TPSA) is 88.2 Å². The number of aliphatic imine (C=N–C) groups is 1. The lowest BCUT2D eigenvalue weighted by atomic mass is 10.1. The first-order chi connectivity index (χ1) is 14.1. The predicted octanol–water partition coefficient (Wildman–Crippen LogP) is 3.09. The molecule has 0 saturated heterocycles. The second-order valence-corrected chi connectivity index (χ2v) is 6.91. The van der Waals surface area contributed by atoms with Gasteiger partial charge in [-0.3, -0.25) is 9.98 Å². The van der Waals surface area contributed by atoms with E-state index in [4.69, 9.17) is 4.52 Å². The first kappa shape index (κ1) is 20.5. The summed E-state index contributed by atoms with van der Waals surface area (Å²) >= 11 is 0. The smallest absolute Gasteiger partial charge is 0.276 e. The molecule has 0 radical (unpaired) electrons. The Morgan fingerprint density at radius 1 is 1.07 bits per heavy atom. The molecule has 29 heavy (non-hydrogen) atoms. The molecule has 7 nitrogen and oxygen atoms in total. The molecule has 0 bridgehead atoms. The van der Waals surface area contributed by atoms with Gasteiger partial charge < -0.3 is 15.2 Å². The molecule has 152 valence electrons. The summed E-state index contributed by atoms with van der Waals surface area (Å²) in [5.41, 5.74) is 4.60. The minimum absolute atomic E-state index is 0.433. The Balaban J connectivity index is 1.50. The van der Waals surface area contributed by atoms with Crippen molar-refractivity contribution in [3.05, 3.63) is 65.1 Å². The van der Waals surface area contributed by atoms with Gasteiger partial charge in [0, 0.05) is 32.3 Å². The predicted molar refractivity (Wildman–Crippen MR) is 115 cm³/mol. The minimum Gasteiger partial charge on any atom is -0.357 e. The molecule has 0 fully saturated rings. The van der Waals surface area contributed by atoms with Gasteiger partial charge in [-0.2, -0.15) is 4.98 Å². The zero-order chi connectivity index (χ0) is 20.5. The van der Waals surface area contributed by atoms with E-state index in [1.165, 1.54) is 16.7 Å². The zero-order valence-electron chi connectivity index (χ0n) is 17.3. The van der Waals surface area contributed by atoms with Crippen LogP contribution in [0.15, 0.2) is 52.1 Å². The number of guanidine groups is 1. The molecule has 2 heterocycles. The van der Waals surface area contributed by atoms with Gasteiger partial charge in [0.2, 0.25) is 0 Å². The molecule has 3 aromatic rings. The van der Waals surface area contributed by atoms with Gasteiger partial charge in [-0.1, -0.05) is 40.5 Å². The van der Waals surface area contributed by atoms with Crippen LogP contribution in [0.25, 0.3) is 11.6 Å². The summed E-state index contributed by atoms with van der Waals surface area (Å²) in [7, 11) is 0. The Morgan fingerprint density at radius 3 is 2.62 bits per heavy atom. The monoisotopic (exact) mass is 392 g/mol. The fourth-order valence-electron chi connectivity index (χ4n) is 3.10. The zero-order valence-corrected chi connectivity index (χ0v) is 17.3. The maximum atomic E-state index is 5.29. The average Bonchev–Trinajstić information content (AvgIpc) is 3.17. The van der Waals surface area contributed by atoms with Crippen molar-refractivity contribution in [1.82, 2.24) is 25.8 Å². The summed E-state index contributed by atoms with van der Waals surface area (Å²) in [6.07, 6.45) is 3.26. The van der Waals surface area contributed by atoms with Gasteiger partial charge in [-0.15, -0.1) is 0 Å². The molecule has 0 spiro atoms. The molecule has 2 aromatic heterocycles. The molecule has 0 unspecified atom stereocenters. The summed E-state index contributed by atoms with van der Waals surface area (Å²) in [5.74, 6) is 1.86.